The molecule has 1 aromatic heterocycles. The van der Waals surface area contributed by atoms with Gasteiger partial charge in [-0.2, -0.15) is 0 Å². The lowest BCUT2D eigenvalue weighted by Crippen LogP contribution is -2.13. The van der Waals surface area contributed by atoms with Crippen LogP contribution in [0.25, 0.3) is 0 Å². The lowest BCUT2D eigenvalue weighted by Gasteiger charge is -2.13. The molecule has 1 atom stereocenters. The quantitative estimate of drug-likeness (QED) is 0.932. The minimum absolute atomic E-state index is 0.0655. The number of benzene rings is 1. The number of hydrogen-bond acceptors (Lipinski definition) is 2. The molecule has 2 aromatic rings. The number of hydrogen-bond donors (Lipinski definition) is 1. The van der Waals surface area contributed by atoms with Crippen molar-refractivity contribution in [2.24, 2.45) is 5.73 Å². The highest BCUT2D eigenvalue weighted by atomic mass is 79.9. The van der Waals surface area contributed by atoms with Gasteiger partial charge >= 0.3 is 0 Å². The second-order valence-electron chi connectivity index (χ2n) is 3.61. The SMILES string of the molecule is NC(Cc1ccoc1)c1ccc(Cl)cc1Br. The van der Waals surface area contributed by atoms with Gasteiger partial charge in [0, 0.05) is 15.5 Å². The van der Waals surface area contributed by atoms with Crippen LogP contribution in [-0.2, 0) is 6.42 Å². The van der Waals surface area contributed by atoms with Gasteiger partial charge in [-0.1, -0.05) is 33.6 Å². The maximum absolute atomic E-state index is 6.12. The van der Waals surface area contributed by atoms with Crippen molar-refractivity contribution >= 4 is 27.5 Å². The second kappa shape index (κ2) is 5.04. The van der Waals surface area contributed by atoms with Gasteiger partial charge in [-0.05, 0) is 35.7 Å². The third-order valence-corrected chi connectivity index (χ3v) is 3.32. The van der Waals surface area contributed by atoms with Crippen LogP contribution < -0.4 is 5.73 Å². The molecule has 0 spiro atoms. The maximum atomic E-state index is 6.12. The minimum Gasteiger partial charge on any atom is -0.472 e. The topological polar surface area (TPSA) is 39.2 Å². The van der Waals surface area contributed by atoms with Crippen LogP contribution in [0.3, 0.4) is 0 Å². The van der Waals surface area contributed by atoms with E-state index in [1.54, 1.807) is 12.5 Å². The number of halogens is 2. The van der Waals surface area contributed by atoms with Gasteiger partial charge in [0.2, 0.25) is 0 Å². The fourth-order valence-corrected chi connectivity index (χ4v) is 2.55. The molecule has 16 heavy (non-hydrogen) atoms. The Bertz CT molecular complexity index is 470. The largest absolute Gasteiger partial charge is 0.472 e. The summed E-state index contributed by atoms with van der Waals surface area (Å²) in [6, 6.07) is 7.49. The Balaban J connectivity index is 2.17. The average molecular weight is 301 g/mol. The van der Waals surface area contributed by atoms with Crippen LogP contribution in [0.2, 0.25) is 5.02 Å². The van der Waals surface area contributed by atoms with Crippen LogP contribution >= 0.6 is 27.5 Å². The van der Waals surface area contributed by atoms with Crippen LogP contribution in [0.1, 0.15) is 17.2 Å². The molecule has 0 bridgehead atoms. The fourth-order valence-electron chi connectivity index (χ4n) is 1.57. The zero-order valence-electron chi connectivity index (χ0n) is 8.49. The van der Waals surface area contributed by atoms with E-state index in [9.17, 15) is 0 Å². The summed E-state index contributed by atoms with van der Waals surface area (Å²) in [5.74, 6) is 0. The molecule has 2 N–H and O–H groups in total. The lowest BCUT2D eigenvalue weighted by molar-refractivity contribution is 0.561. The molecule has 0 aliphatic carbocycles. The summed E-state index contributed by atoms with van der Waals surface area (Å²) in [6.45, 7) is 0. The third kappa shape index (κ3) is 2.67. The van der Waals surface area contributed by atoms with Crippen molar-refractivity contribution in [3.63, 3.8) is 0 Å². The van der Waals surface area contributed by atoms with E-state index in [4.69, 9.17) is 21.8 Å². The van der Waals surface area contributed by atoms with Crippen molar-refractivity contribution in [2.75, 3.05) is 0 Å². The normalized spacial score (nSPS) is 12.7. The fraction of sp³-hybridized carbons (Fsp3) is 0.167. The predicted octanol–water partition coefficient (Wildman–Crippen LogP) is 3.94. The molecule has 84 valence electrons. The lowest BCUT2D eigenvalue weighted by atomic mass is 10.0. The zero-order valence-corrected chi connectivity index (χ0v) is 10.8. The Morgan fingerprint density at radius 1 is 1.38 bits per heavy atom. The van der Waals surface area contributed by atoms with E-state index in [2.05, 4.69) is 15.9 Å². The Morgan fingerprint density at radius 3 is 2.81 bits per heavy atom. The Labute approximate surface area is 108 Å². The first kappa shape index (κ1) is 11.7. The molecule has 0 saturated carbocycles. The van der Waals surface area contributed by atoms with Crippen molar-refractivity contribution in [2.45, 2.75) is 12.5 Å². The second-order valence-corrected chi connectivity index (χ2v) is 4.90. The van der Waals surface area contributed by atoms with E-state index in [0.717, 1.165) is 22.0 Å². The van der Waals surface area contributed by atoms with Crippen LogP contribution in [0, 0.1) is 0 Å². The van der Waals surface area contributed by atoms with Gasteiger partial charge in [0.1, 0.15) is 0 Å². The summed E-state index contributed by atoms with van der Waals surface area (Å²) >= 11 is 9.34. The Kier molecular flexibility index (Phi) is 3.69. The smallest absolute Gasteiger partial charge is 0.0935 e. The van der Waals surface area contributed by atoms with Crippen molar-refractivity contribution in [3.05, 3.63) is 57.4 Å². The monoisotopic (exact) mass is 299 g/mol. The molecule has 1 unspecified atom stereocenters. The van der Waals surface area contributed by atoms with Crippen LogP contribution in [0.4, 0.5) is 0 Å². The first-order chi connectivity index (χ1) is 7.66. The van der Waals surface area contributed by atoms with E-state index in [1.807, 2.05) is 24.3 Å². The number of furan rings is 1. The Morgan fingerprint density at radius 2 is 2.19 bits per heavy atom. The van der Waals surface area contributed by atoms with Gasteiger partial charge in [0.15, 0.2) is 0 Å². The summed E-state index contributed by atoms with van der Waals surface area (Å²) in [4.78, 5) is 0. The van der Waals surface area contributed by atoms with Crippen LogP contribution in [0.15, 0.2) is 45.7 Å². The molecule has 4 heteroatoms. The molecule has 2 rings (SSSR count). The molecule has 0 radical (unpaired) electrons. The number of rotatable bonds is 3. The Hall–Kier alpha value is -0.770. The van der Waals surface area contributed by atoms with Gasteiger partial charge in [0.05, 0.1) is 12.5 Å². The standard InChI is InChI=1S/C12H11BrClNO/c13-11-6-9(14)1-2-10(11)12(15)5-8-3-4-16-7-8/h1-4,6-7,12H,5,15H2. The summed E-state index contributed by atoms with van der Waals surface area (Å²) in [6.07, 6.45) is 4.11. The van der Waals surface area contributed by atoms with Gasteiger partial charge < -0.3 is 10.2 Å². The van der Waals surface area contributed by atoms with Crippen molar-refractivity contribution in [3.8, 4) is 0 Å². The van der Waals surface area contributed by atoms with E-state index in [1.165, 1.54) is 0 Å². The van der Waals surface area contributed by atoms with Crippen LogP contribution in [0.5, 0.6) is 0 Å². The molecule has 1 aromatic carbocycles. The van der Waals surface area contributed by atoms with Crippen molar-refractivity contribution < 1.29 is 4.42 Å². The molecule has 0 fully saturated rings. The molecule has 0 saturated heterocycles. The van der Waals surface area contributed by atoms with Crippen molar-refractivity contribution in [1.29, 1.82) is 0 Å². The van der Waals surface area contributed by atoms with E-state index >= 15 is 0 Å². The van der Waals surface area contributed by atoms with Crippen molar-refractivity contribution in [1.82, 2.24) is 0 Å². The summed E-state index contributed by atoms with van der Waals surface area (Å²) < 4.78 is 5.95. The molecule has 0 amide bonds. The maximum Gasteiger partial charge on any atom is 0.0935 e. The first-order valence-corrected chi connectivity index (χ1v) is 6.05. The summed E-state index contributed by atoms with van der Waals surface area (Å²) in [5, 5.41) is 0.700. The predicted molar refractivity (Wildman–Crippen MR) is 68.5 cm³/mol. The first-order valence-electron chi connectivity index (χ1n) is 4.88. The van der Waals surface area contributed by atoms with E-state index in [0.29, 0.717) is 5.02 Å². The number of nitrogens with two attached hydrogens (primary N) is 1. The highest BCUT2D eigenvalue weighted by Crippen LogP contribution is 2.27. The molecular formula is C12H11BrClNO. The van der Waals surface area contributed by atoms with Crippen LogP contribution in [-0.4, -0.2) is 0 Å². The van der Waals surface area contributed by atoms with E-state index < -0.39 is 0 Å². The highest BCUT2D eigenvalue weighted by Gasteiger charge is 2.11. The average Bonchev–Trinajstić information content (AvgIpc) is 2.70. The third-order valence-electron chi connectivity index (χ3n) is 2.40. The molecule has 0 aliphatic rings. The van der Waals surface area contributed by atoms with Gasteiger partial charge in [-0.15, -0.1) is 0 Å². The zero-order chi connectivity index (χ0) is 11.5. The minimum atomic E-state index is -0.0655. The van der Waals surface area contributed by atoms with Gasteiger partial charge in [0.25, 0.3) is 0 Å². The highest BCUT2D eigenvalue weighted by molar-refractivity contribution is 9.10. The van der Waals surface area contributed by atoms with Gasteiger partial charge in [-0.25, -0.2) is 0 Å². The molecule has 0 aliphatic heterocycles. The molecular weight excluding hydrogens is 289 g/mol. The summed E-state index contributed by atoms with van der Waals surface area (Å²) in [5.41, 5.74) is 8.26. The molecule has 2 nitrogen and oxygen atoms in total. The van der Waals surface area contributed by atoms with Gasteiger partial charge in [-0.3, -0.25) is 0 Å². The summed E-state index contributed by atoms with van der Waals surface area (Å²) in [7, 11) is 0. The molecule has 1 heterocycles. The van der Waals surface area contributed by atoms with E-state index in [-0.39, 0.29) is 6.04 Å².